The van der Waals surface area contributed by atoms with Crippen LogP contribution in [0.15, 0.2) is 0 Å². The number of nitrogens with one attached hydrogen (secondary N) is 1. The predicted molar refractivity (Wildman–Crippen MR) is 63.1 cm³/mol. The third-order valence-corrected chi connectivity index (χ3v) is 3.29. The molecule has 1 amide bonds. The van der Waals surface area contributed by atoms with E-state index in [1.54, 1.807) is 4.90 Å². The van der Waals surface area contributed by atoms with E-state index in [-0.39, 0.29) is 5.91 Å². The zero-order valence-corrected chi connectivity index (χ0v) is 10.7. The Labute approximate surface area is 106 Å². The lowest BCUT2D eigenvalue weighted by atomic mass is 9.97. The summed E-state index contributed by atoms with van der Waals surface area (Å²) in [5.41, 5.74) is 0. The number of hydrogen-bond acceptors (Lipinski definition) is 2. The standard InChI is InChI=1S/C12H21F3N2O/c1-2-17(9-10-4-7-16-8-5-10)11(18)3-6-12(13,14)15/h10,16H,2-9H2,1H3. The molecule has 0 aromatic heterocycles. The summed E-state index contributed by atoms with van der Waals surface area (Å²) >= 11 is 0. The van der Waals surface area contributed by atoms with Crippen molar-refractivity contribution < 1.29 is 18.0 Å². The van der Waals surface area contributed by atoms with E-state index in [2.05, 4.69) is 5.32 Å². The number of piperidine rings is 1. The first kappa shape index (κ1) is 15.3. The molecular weight excluding hydrogens is 245 g/mol. The number of carbonyl (C=O) groups excluding carboxylic acids is 1. The van der Waals surface area contributed by atoms with Crippen molar-refractivity contribution in [1.29, 1.82) is 0 Å². The summed E-state index contributed by atoms with van der Waals surface area (Å²) in [4.78, 5) is 13.3. The summed E-state index contributed by atoms with van der Waals surface area (Å²) in [6.45, 7) is 4.75. The highest BCUT2D eigenvalue weighted by molar-refractivity contribution is 5.76. The van der Waals surface area contributed by atoms with Gasteiger partial charge in [0.1, 0.15) is 0 Å². The molecule has 0 unspecified atom stereocenters. The molecule has 1 heterocycles. The van der Waals surface area contributed by atoms with Crippen LogP contribution in [0.1, 0.15) is 32.6 Å². The zero-order valence-electron chi connectivity index (χ0n) is 10.7. The minimum atomic E-state index is -4.25. The first-order chi connectivity index (χ1) is 8.42. The fourth-order valence-corrected chi connectivity index (χ4v) is 2.19. The molecule has 0 atom stereocenters. The van der Waals surface area contributed by atoms with Gasteiger partial charge in [0, 0.05) is 19.5 Å². The number of hydrogen-bond donors (Lipinski definition) is 1. The van der Waals surface area contributed by atoms with Crippen molar-refractivity contribution in [3.63, 3.8) is 0 Å². The van der Waals surface area contributed by atoms with Gasteiger partial charge in [0.2, 0.25) is 5.91 Å². The highest BCUT2D eigenvalue weighted by Crippen LogP contribution is 2.22. The van der Waals surface area contributed by atoms with E-state index >= 15 is 0 Å². The number of rotatable bonds is 5. The first-order valence-electron chi connectivity index (χ1n) is 6.47. The van der Waals surface area contributed by atoms with Gasteiger partial charge >= 0.3 is 6.18 Å². The fraction of sp³-hybridized carbons (Fsp3) is 0.917. The second-order valence-corrected chi connectivity index (χ2v) is 4.74. The van der Waals surface area contributed by atoms with Crippen LogP contribution in [0.5, 0.6) is 0 Å². The zero-order chi connectivity index (χ0) is 13.6. The lowest BCUT2D eigenvalue weighted by Crippen LogP contribution is -2.39. The summed E-state index contributed by atoms with van der Waals surface area (Å²) in [6, 6.07) is 0. The van der Waals surface area contributed by atoms with E-state index in [0.29, 0.717) is 19.0 Å². The van der Waals surface area contributed by atoms with Crippen molar-refractivity contribution in [2.24, 2.45) is 5.92 Å². The van der Waals surface area contributed by atoms with Crippen molar-refractivity contribution >= 4 is 5.91 Å². The topological polar surface area (TPSA) is 32.3 Å². The lowest BCUT2D eigenvalue weighted by molar-refractivity contribution is -0.149. The Morgan fingerprint density at radius 1 is 1.33 bits per heavy atom. The highest BCUT2D eigenvalue weighted by atomic mass is 19.4. The second kappa shape index (κ2) is 6.97. The van der Waals surface area contributed by atoms with Gasteiger partial charge in [-0.15, -0.1) is 0 Å². The average molecular weight is 266 g/mol. The highest BCUT2D eigenvalue weighted by Gasteiger charge is 2.29. The second-order valence-electron chi connectivity index (χ2n) is 4.74. The van der Waals surface area contributed by atoms with Gasteiger partial charge in [0.25, 0.3) is 0 Å². The van der Waals surface area contributed by atoms with Crippen LogP contribution in [-0.2, 0) is 4.79 Å². The van der Waals surface area contributed by atoms with E-state index in [0.717, 1.165) is 25.9 Å². The molecule has 0 aliphatic carbocycles. The van der Waals surface area contributed by atoms with Gasteiger partial charge in [-0.05, 0) is 38.8 Å². The SMILES string of the molecule is CCN(CC1CCNCC1)C(=O)CCC(F)(F)F. The largest absolute Gasteiger partial charge is 0.389 e. The molecule has 1 saturated heterocycles. The summed E-state index contributed by atoms with van der Waals surface area (Å²) < 4.78 is 36.2. The molecule has 0 aromatic carbocycles. The van der Waals surface area contributed by atoms with E-state index in [9.17, 15) is 18.0 Å². The molecule has 3 nitrogen and oxygen atoms in total. The van der Waals surface area contributed by atoms with Gasteiger partial charge < -0.3 is 10.2 Å². The number of halogens is 3. The van der Waals surface area contributed by atoms with E-state index < -0.39 is 19.0 Å². The van der Waals surface area contributed by atoms with Gasteiger partial charge in [-0.2, -0.15) is 13.2 Å². The number of nitrogens with zero attached hydrogens (tertiary/aromatic N) is 1. The van der Waals surface area contributed by atoms with Gasteiger partial charge in [-0.25, -0.2) is 0 Å². The van der Waals surface area contributed by atoms with E-state index in [1.165, 1.54) is 0 Å². The van der Waals surface area contributed by atoms with Crippen LogP contribution >= 0.6 is 0 Å². The lowest BCUT2D eigenvalue weighted by Gasteiger charge is -2.29. The van der Waals surface area contributed by atoms with Gasteiger partial charge in [0.05, 0.1) is 6.42 Å². The molecule has 1 N–H and O–H groups in total. The average Bonchev–Trinajstić information content (AvgIpc) is 2.33. The van der Waals surface area contributed by atoms with Crippen LogP contribution in [0.2, 0.25) is 0 Å². The Hall–Kier alpha value is -0.780. The van der Waals surface area contributed by atoms with E-state index in [1.807, 2.05) is 6.92 Å². The van der Waals surface area contributed by atoms with E-state index in [4.69, 9.17) is 0 Å². The van der Waals surface area contributed by atoms with Gasteiger partial charge in [-0.3, -0.25) is 4.79 Å². The molecule has 18 heavy (non-hydrogen) atoms. The predicted octanol–water partition coefficient (Wildman–Crippen LogP) is 2.18. The van der Waals surface area contributed by atoms with Gasteiger partial charge in [0.15, 0.2) is 0 Å². The molecule has 0 saturated carbocycles. The third kappa shape index (κ3) is 5.71. The molecule has 0 bridgehead atoms. The Balaban J connectivity index is 2.36. The van der Waals surface area contributed by atoms with Crippen LogP contribution in [0.4, 0.5) is 13.2 Å². The molecule has 1 rings (SSSR count). The van der Waals surface area contributed by atoms with Crippen LogP contribution in [0, 0.1) is 5.92 Å². The normalized spacial score (nSPS) is 17.8. The minimum Gasteiger partial charge on any atom is -0.343 e. The smallest absolute Gasteiger partial charge is 0.343 e. The first-order valence-corrected chi connectivity index (χ1v) is 6.47. The van der Waals surface area contributed by atoms with Crippen LogP contribution in [-0.4, -0.2) is 43.2 Å². The Bertz CT molecular complexity index is 263. The van der Waals surface area contributed by atoms with Crippen molar-refractivity contribution in [3.05, 3.63) is 0 Å². The molecule has 106 valence electrons. The Kier molecular flexibility index (Phi) is 5.91. The van der Waals surface area contributed by atoms with Crippen LogP contribution < -0.4 is 5.32 Å². The summed E-state index contributed by atoms with van der Waals surface area (Å²) in [5.74, 6) is 0.0365. The maximum atomic E-state index is 12.1. The van der Waals surface area contributed by atoms with Crippen LogP contribution in [0.3, 0.4) is 0 Å². The van der Waals surface area contributed by atoms with Crippen LogP contribution in [0.25, 0.3) is 0 Å². The van der Waals surface area contributed by atoms with Crippen molar-refractivity contribution in [2.45, 2.75) is 38.8 Å². The number of amides is 1. The summed E-state index contributed by atoms with van der Waals surface area (Å²) in [7, 11) is 0. The van der Waals surface area contributed by atoms with Crippen molar-refractivity contribution in [3.8, 4) is 0 Å². The Morgan fingerprint density at radius 3 is 2.44 bits per heavy atom. The number of carbonyl (C=O) groups is 1. The minimum absolute atomic E-state index is 0.381. The van der Waals surface area contributed by atoms with Crippen molar-refractivity contribution in [2.75, 3.05) is 26.2 Å². The summed E-state index contributed by atoms with van der Waals surface area (Å²) in [5, 5.41) is 3.23. The quantitative estimate of drug-likeness (QED) is 0.827. The molecule has 1 aliphatic heterocycles. The third-order valence-electron chi connectivity index (χ3n) is 3.29. The molecule has 0 aromatic rings. The fourth-order valence-electron chi connectivity index (χ4n) is 2.19. The monoisotopic (exact) mass is 266 g/mol. The summed E-state index contributed by atoms with van der Waals surface area (Å²) in [6.07, 6.45) is -3.72. The van der Waals surface area contributed by atoms with Gasteiger partial charge in [-0.1, -0.05) is 0 Å². The molecule has 1 fully saturated rings. The molecular formula is C12H21F3N2O. The number of alkyl halides is 3. The van der Waals surface area contributed by atoms with Crippen molar-refractivity contribution in [1.82, 2.24) is 10.2 Å². The Morgan fingerprint density at radius 2 is 1.94 bits per heavy atom. The maximum absolute atomic E-state index is 12.1. The molecule has 0 spiro atoms. The molecule has 1 aliphatic rings. The molecule has 6 heteroatoms. The molecule has 0 radical (unpaired) electrons. The maximum Gasteiger partial charge on any atom is 0.389 e.